The molecule has 216 valence electrons. The Hall–Kier alpha value is -4.39. The third-order valence-electron chi connectivity index (χ3n) is 8.50. The summed E-state index contributed by atoms with van der Waals surface area (Å²) in [6.45, 7) is 6.28. The van der Waals surface area contributed by atoms with Crippen LogP contribution in [0, 0.1) is 0 Å². The molecule has 3 heterocycles. The Labute approximate surface area is 247 Å². The topological polar surface area (TPSA) is 60.0 Å². The smallest absolute Gasteiger partial charge is 0.246 e. The fourth-order valence-electron chi connectivity index (χ4n) is 6.13. The number of piperazine rings is 1. The van der Waals surface area contributed by atoms with Crippen LogP contribution in [-0.2, 0) is 9.59 Å². The van der Waals surface area contributed by atoms with E-state index in [0.29, 0.717) is 13.1 Å². The van der Waals surface area contributed by atoms with Crippen LogP contribution >= 0.6 is 0 Å². The Morgan fingerprint density at radius 3 is 2.29 bits per heavy atom. The number of carbonyl (C=O) groups is 2. The lowest BCUT2D eigenvalue weighted by molar-refractivity contribution is -0.126. The normalized spacial score (nSPS) is 16.0. The number of hydrogen-bond donors (Lipinski definition) is 0. The lowest BCUT2D eigenvalue weighted by Crippen LogP contribution is -2.48. The third kappa shape index (κ3) is 5.69. The molecule has 0 N–H and O–H groups in total. The van der Waals surface area contributed by atoms with E-state index in [0.717, 1.165) is 65.4 Å². The molecule has 2 saturated heterocycles. The fourth-order valence-corrected chi connectivity index (χ4v) is 6.13. The summed E-state index contributed by atoms with van der Waals surface area (Å²) in [6, 6.07) is 21.9. The lowest BCUT2D eigenvalue weighted by atomic mass is 9.93. The van der Waals surface area contributed by atoms with E-state index in [4.69, 9.17) is 4.42 Å². The van der Waals surface area contributed by atoms with E-state index in [-0.39, 0.29) is 11.7 Å². The van der Waals surface area contributed by atoms with Crippen molar-refractivity contribution in [3.63, 3.8) is 0 Å². The molecular weight excluding hydrogens is 524 g/mol. The number of nitrogens with zero attached hydrogens (tertiary/aromatic N) is 4. The quantitative estimate of drug-likeness (QED) is 0.194. The zero-order valence-electron chi connectivity index (χ0n) is 24.8. The highest BCUT2D eigenvalue weighted by atomic mass is 16.3. The van der Waals surface area contributed by atoms with Gasteiger partial charge in [-0.05, 0) is 55.3 Å². The molecule has 0 atom stereocenters. The third-order valence-corrected chi connectivity index (χ3v) is 8.50. The number of ketones is 1. The largest absolute Gasteiger partial charge is 0.456 e. The maximum Gasteiger partial charge on any atom is 0.246 e. The number of amides is 1. The molecule has 1 amide bonds. The summed E-state index contributed by atoms with van der Waals surface area (Å²) in [5, 5.41) is 2.30. The van der Waals surface area contributed by atoms with Crippen LogP contribution in [-0.4, -0.2) is 70.0 Å². The maximum atomic E-state index is 12.5. The summed E-state index contributed by atoms with van der Waals surface area (Å²) in [4.78, 5) is 29.9. The SMILES string of the molecule is CC(=O)/C=C/C(=O)N1CCN(c2ccc3c(-c4ccc(N(C)C)cc4)c4ccc(=[N+]5CCCCC5)cc-4oc3c2)CC1. The van der Waals surface area contributed by atoms with Crippen LogP contribution in [0.3, 0.4) is 0 Å². The first-order chi connectivity index (χ1) is 20.4. The van der Waals surface area contributed by atoms with Gasteiger partial charge in [-0.2, -0.15) is 0 Å². The van der Waals surface area contributed by atoms with Crippen molar-refractivity contribution in [3.05, 3.63) is 78.2 Å². The Morgan fingerprint density at radius 1 is 0.857 bits per heavy atom. The molecule has 4 aliphatic rings. The van der Waals surface area contributed by atoms with Gasteiger partial charge in [0.15, 0.2) is 5.78 Å². The molecule has 0 bridgehead atoms. The van der Waals surface area contributed by atoms with E-state index >= 15 is 0 Å². The Morgan fingerprint density at radius 2 is 1.60 bits per heavy atom. The molecule has 0 aromatic heterocycles. The molecule has 7 heteroatoms. The van der Waals surface area contributed by atoms with Gasteiger partial charge in [-0.3, -0.25) is 9.59 Å². The molecule has 7 nitrogen and oxygen atoms in total. The number of rotatable bonds is 5. The van der Waals surface area contributed by atoms with Crippen molar-refractivity contribution in [2.45, 2.75) is 26.2 Å². The van der Waals surface area contributed by atoms with Crippen molar-refractivity contribution in [1.82, 2.24) is 9.48 Å². The molecule has 6 rings (SSSR count). The van der Waals surface area contributed by atoms with E-state index in [9.17, 15) is 9.59 Å². The minimum absolute atomic E-state index is 0.112. The van der Waals surface area contributed by atoms with Crippen molar-refractivity contribution in [2.75, 3.05) is 63.2 Å². The average Bonchev–Trinajstić information content (AvgIpc) is 3.02. The predicted octanol–water partition coefficient (Wildman–Crippen LogP) is 5.02. The van der Waals surface area contributed by atoms with Crippen LogP contribution in [0.15, 0.2) is 77.2 Å². The van der Waals surface area contributed by atoms with Crippen molar-refractivity contribution in [2.24, 2.45) is 0 Å². The molecule has 3 aliphatic heterocycles. The number of piperidine rings is 1. The number of allylic oxidation sites excluding steroid dienone is 1. The number of anilines is 2. The van der Waals surface area contributed by atoms with Crippen molar-refractivity contribution in [3.8, 4) is 22.5 Å². The molecule has 0 unspecified atom stereocenters. The maximum absolute atomic E-state index is 12.5. The van der Waals surface area contributed by atoms with E-state index < -0.39 is 0 Å². The van der Waals surface area contributed by atoms with Gasteiger partial charge in [-0.25, -0.2) is 4.58 Å². The Bertz CT molecular complexity index is 1680. The number of carbonyl (C=O) groups excluding carboxylic acids is 2. The second-order valence-electron chi connectivity index (χ2n) is 11.6. The zero-order valence-corrected chi connectivity index (χ0v) is 24.8. The van der Waals surface area contributed by atoms with Gasteiger partial charge >= 0.3 is 0 Å². The molecule has 42 heavy (non-hydrogen) atoms. The summed E-state index contributed by atoms with van der Waals surface area (Å²) in [6.07, 6.45) is 6.47. The molecule has 0 saturated carbocycles. The van der Waals surface area contributed by atoms with Crippen molar-refractivity contribution in [1.29, 1.82) is 0 Å². The van der Waals surface area contributed by atoms with Crippen LogP contribution in [0.4, 0.5) is 11.4 Å². The minimum Gasteiger partial charge on any atom is -0.456 e. The standard InChI is InChI=1S/C35H39N4O3/c1-25(40)7-16-34(41)39-21-19-38(20-22-39)29-13-15-31-33(24-29)42-32-23-28(37-17-5-4-6-18-37)12-14-30(32)35(31)26-8-10-27(11-9-26)36(2)3/h7-16,23-24H,4-6,17-22H2,1-3H3/q+1/b16-7+. The van der Waals surface area contributed by atoms with Gasteiger partial charge in [-0.15, -0.1) is 0 Å². The minimum atomic E-state index is -0.120. The molecular formula is C35H39N4O3+. The second kappa shape index (κ2) is 11.8. The number of fused-ring (bicyclic) bond motifs is 2. The van der Waals surface area contributed by atoms with Gasteiger partial charge in [-0.1, -0.05) is 12.1 Å². The Balaban J connectivity index is 1.40. The van der Waals surface area contributed by atoms with Crippen LogP contribution in [0.1, 0.15) is 26.2 Å². The molecule has 0 spiro atoms. The van der Waals surface area contributed by atoms with Gasteiger partial charge in [0.1, 0.15) is 24.4 Å². The van der Waals surface area contributed by atoms with Crippen molar-refractivity contribution >= 4 is 34.0 Å². The van der Waals surface area contributed by atoms with E-state index in [1.165, 1.54) is 49.3 Å². The van der Waals surface area contributed by atoms with Gasteiger partial charge < -0.3 is 19.1 Å². The summed E-state index contributed by atoms with van der Waals surface area (Å²) < 4.78 is 9.15. The second-order valence-corrected chi connectivity index (χ2v) is 11.6. The van der Waals surface area contributed by atoms with E-state index in [2.05, 4.69) is 89.1 Å². The fraction of sp³-hybridized carbons (Fsp3) is 0.343. The van der Waals surface area contributed by atoms with Crippen LogP contribution < -0.4 is 19.7 Å². The molecule has 2 aromatic rings. The highest BCUT2D eigenvalue weighted by Crippen LogP contribution is 2.41. The van der Waals surface area contributed by atoms with E-state index in [1.54, 1.807) is 4.90 Å². The first-order valence-corrected chi connectivity index (χ1v) is 15.0. The summed E-state index contributed by atoms with van der Waals surface area (Å²) in [5.41, 5.74) is 6.55. The molecule has 2 aromatic carbocycles. The van der Waals surface area contributed by atoms with Crippen LogP contribution in [0.5, 0.6) is 0 Å². The van der Waals surface area contributed by atoms with Gasteiger partial charge in [0.05, 0.1) is 6.07 Å². The first kappa shape index (κ1) is 27.8. The van der Waals surface area contributed by atoms with Crippen LogP contribution in [0.25, 0.3) is 33.4 Å². The highest BCUT2D eigenvalue weighted by molar-refractivity contribution is 6.03. The van der Waals surface area contributed by atoms with Gasteiger partial charge in [0, 0.05) is 99.2 Å². The van der Waals surface area contributed by atoms with Crippen molar-refractivity contribution < 1.29 is 14.0 Å². The zero-order chi connectivity index (χ0) is 29.2. The Kier molecular flexibility index (Phi) is 7.83. The average molecular weight is 564 g/mol. The first-order valence-electron chi connectivity index (χ1n) is 15.0. The lowest BCUT2D eigenvalue weighted by Gasteiger charge is -2.35. The highest BCUT2D eigenvalue weighted by Gasteiger charge is 2.23. The van der Waals surface area contributed by atoms with E-state index in [1.807, 2.05) is 0 Å². The number of hydrogen-bond acceptors (Lipinski definition) is 5. The summed E-state index contributed by atoms with van der Waals surface area (Å²) >= 11 is 0. The van der Waals surface area contributed by atoms with Gasteiger partial charge in [0.25, 0.3) is 0 Å². The summed E-state index contributed by atoms with van der Waals surface area (Å²) in [5.74, 6) is 0.659. The molecule has 0 radical (unpaired) electrons. The summed E-state index contributed by atoms with van der Waals surface area (Å²) in [7, 11) is 4.12. The van der Waals surface area contributed by atoms with Crippen LogP contribution in [0.2, 0.25) is 0 Å². The monoisotopic (exact) mass is 563 g/mol. The van der Waals surface area contributed by atoms with Gasteiger partial charge in [0.2, 0.25) is 11.3 Å². The molecule has 2 fully saturated rings. The predicted molar refractivity (Wildman–Crippen MR) is 170 cm³/mol. The number of benzene rings is 3. The molecule has 1 aliphatic carbocycles.